The summed E-state index contributed by atoms with van der Waals surface area (Å²) < 4.78 is 14.9. The van der Waals surface area contributed by atoms with Crippen LogP contribution in [0.3, 0.4) is 0 Å². The molecule has 0 bridgehead atoms. The molecule has 0 aliphatic heterocycles. The Bertz CT molecular complexity index is 930. The average Bonchev–Trinajstić information content (AvgIpc) is 2.49. The number of hydrogen-bond donors (Lipinski definition) is 0. The van der Waals surface area contributed by atoms with Crippen LogP contribution in [0.15, 0.2) is 52.4 Å². The topological polar surface area (TPSA) is 47.2 Å². The minimum atomic E-state index is -0.504. The zero-order valence-corrected chi connectivity index (χ0v) is 12.4. The van der Waals surface area contributed by atoms with Gasteiger partial charge in [0.1, 0.15) is 11.6 Å². The molecule has 0 aliphatic rings. The third kappa shape index (κ3) is 2.51. The van der Waals surface area contributed by atoms with Crippen LogP contribution in [0.2, 0.25) is 5.02 Å². The molecule has 4 nitrogen and oxygen atoms in total. The highest BCUT2D eigenvalue weighted by atomic mass is 35.5. The SMILES string of the molecule is Cc1nc2ccccc2c(=O)n1/N=C\c1c(F)cccc1Cl. The summed E-state index contributed by atoms with van der Waals surface area (Å²) in [7, 11) is 0. The molecule has 0 amide bonds. The van der Waals surface area contributed by atoms with Crippen molar-refractivity contribution in [1.29, 1.82) is 0 Å². The molecule has 6 heteroatoms. The highest BCUT2D eigenvalue weighted by Gasteiger charge is 2.08. The second-order valence-electron chi connectivity index (χ2n) is 4.67. The first-order valence-electron chi connectivity index (χ1n) is 6.54. The van der Waals surface area contributed by atoms with E-state index in [0.29, 0.717) is 16.7 Å². The predicted molar refractivity (Wildman–Crippen MR) is 85.1 cm³/mol. The van der Waals surface area contributed by atoms with Crippen molar-refractivity contribution in [1.82, 2.24) is 9.66 Å². The van der Waals surface area contributed by atoms with Crippen molar-refractivity contribution in [3.63, 3.8) is 0 Å². The molecule has 0 spiro atoms. The van der Waals surface area contributed by atoms with Gasteiger partial charge in [0.05, 0.1) is 22.1 Å². The number of hydrogen-bond acceptors (Lipinski definition) is 3. The van der Waals surface area contributed by atoms with Crippen LogP contribution < -0.4 is 5.56 Å². The van der Waals surface area contributed by atoms with Crippen molar-refractivity contribution in [2.75, 3.05) is 0 Å². The number of halogens is 2. The second-order valence-corrected chi connectivity index (χ2v) is 5.08. The molecule has 1 heterocycles. The summed E-state index contributed by atoms with van der Waals surface area (Å²) in [5.74, 6) is -0.0943. The second kappa shape index (κ2) is 5.69. The molecule has 0 radical (unpaired) electrons. The molecule has 0 unspecified atom stereocenters. The van der Waals surface area contributed by atoms with Crippen molar-refractivity contribution in [2.24, 2.45) is 5.10 Å². The smallest absolute Gasteiger partial charge is 0.267 e. The summed E-state index contributed by atoms with van der Waals surface area (Å²) >= 11 is 5.94. The maximum absolute atomic E-state index is 13.7. The van der Waals surface area contributed by atoms with Crippen LogP contribution >= 0.6 is 11.6 Å². The Balaban J connectivity index is 2.15. The Hall–Kier alpha value is -2.53. The van der Waals surface area contributed by atoms with Crippen molar-refractivity contribution in [2.45, 2.75) is 6.92 Å². The lowest BCUT2D eigenvalue weighted by atomic mass is 10.2. The van der Waals surface area contributed by atoms with Gasteiger partial charge in [-0.15, -0.1) is 0 Å². The highest BCUT2D eigenvalue weighted by molar-refractivity contribution is 6.33. The van der Waals surface area contributed by atoms with Gasteiger partial charge < -0.3 is 0 Å². The minimum Gasteiger partial charge on any atom is -0.267 e. The van der Waals surface area contributed by atoms with E-state index in [2.05, 4.69) is 10.1 Å². The number of nitrogens with zero attached hydrogens (tertiary/aromatic N) is 3. The number of rotatable bonds is 2. The fraction of sp³-hybridized carbons (Fsp3) is 0.0625. The van der Waals surface area contributed by atoms with Crippen LogP contribution in [0.1, 0.15) is 11.4 Å². The molecule has 3 rings (SSSR count). The van der Waals surface area contributed by atoms with E-state index in [-0.39, 0.29) is 16.1 Å². The molecule has 22 heavy (non-hydrogen) atoms. The van der Waals surface area contributed by atoms with Gasteiger partial charge in [0, 0.05) is 5.56 Å². The van der Waals surface area contributed by atoms with Gasteiger partial charge in [-0.25, -0.2) is 9.37 Å². The van der Waals surface area contributed by atoms with Crippen LogP contribution in [0.5, 0.6) is 0 Å². The summed E-state index contributed by atoms with van der Waals surface area (Å²) in [6.07, 6.45) is 1.22. The number of aromatic nitrogens is 2. The Morgan fingerprint density at radius 2 is 2.00 bits per heavy atom. The van der Waals surface area contributed by atoms with Gasteiger partial charge in [-0.1, -0.05) is 29.8 Å². The molecule has 110 valence electrons. The van der Waals surface area contributed by atoms with Crippen LogP contribution in [0.4, 0.5) is 4.39 Å². The van der Waals surface area contributed by atoms with Gasteiger partial charge in [-0.3, -0.25) is 4.79 Å². The Kier molecular flexibility index (Phi) is 3.73. The zero-order chi connectivity index (χ0) is 15.7. The molecule has 1 aromatic heterocycles. The van der Waals surface area contributed by atoms with Gasteiger partial charge in [0.2, 0.25) is 0 Å². The molecular formula is C16H11ClFN3O. The lowest BCUT2D eigenvalue weighted by Crippen LogP contribution is -2.20. The normalized spacial score (nSPS) is 11.4. The summed E-state index contributed by atoms with van der Waals surface area (Å²) in [4.78, 5) is 16.7. The lowest BCUT2D eigenvalue weighted by Gasteiger charge is -2.05. The Morgan fingerprint density at radius 3 is 2.77 bits per heavy atom. The molecule has 0 N–H and O–H groups in total. The van der Waals surface area contributed by atoms with Gasteiger partial charge in [0.15, 0.2) is 0 Å². The highest BCUT2D eigenvalue weighted by Crippen LogP contribution is 2.16. The van der Waals surface area contributed by atoms with E-state index < -0.39 is 5.82 Å². The molecule has 2 aromatic carbocycles. The largest absolute Gasteiger partial charge is 0.282 e. The lowest BCUT2D eigenvalue weighted by molar-refractivity contribution is 0.625. The summed E-state index contributed by atoms with van der Waals surface area (Å²) in [6.45, 7) is 1.66. The van der Waals surface area contributed by atoms with E-state index in [4.69, 9.17) is 11.6 Å². The third-order valence-electron chi connectivity index (χ3n) is 3.22. The van der Waals surface area contributed by atoms with E-state index in [0.717, 1.165) is 4.68 Å². The van der Waals surface area contributed by atoms with E-state index >= 15 is 0 Å². The summed E-state index contributed by atoms with van der Waals surface area (Å²) in [6, 6.07) is 11.3. The number of para-hydroxylation sites is 1. The maximum atomic E-state index is 13.7. The molecule has 0 fully saturated rings. The molecule has 0 aliphatic carbocycles. The molecular weight excluding hydrogens is 305 g/mol. The van der Waals surface area contributed by atoms with E-state index in [9.17, 15) is 9.18 Å². The first-order chi connectivity index (χ1) is 10.6. The van der Waals surface area contributed by atoms with Gasteiger partial charge in [-0.2, -0.15) is 9.78 Å². The summed E-state index contributed by atoms with van der Waals surface area (Å²) in [5.41, 5.74) is 0.413. The first-order valence-corrected chi connectivity index (χ1v) is 6.92. The standard InChI is InChI=1S/C16H11ClFN3O/c1-10-20-15-8-3-2-5-11(15)16(22)21(10)19-9-12-13(17)6-4-7-14(12)18/h2-9H,1H3/b19-9-. The van der Waals surface area contributed by atoms with E-state index in [1.165, 1.54) is 18.3 Å². The third-order valence-corrected chi connectivity index (χ3v) is 3.55. The minimum absolute atomic E-state index is 0.128. The van der Waals surface area contributed by atoms with Crippen LogP contribution in [-0.2, 0) is 0 Å². The van der Waals surface area contributed by atoms with Gasteiger partial charge >= 0.3 is 0 Å². The van der Waals surface area contributed by atoms with Crippen molar-refractivity contribution >= 4 is 28.7 Å². The molecule has 0 saturated heterocycles. The molecule has 0 atom stereocenters. The number of aryl methyl sites for hydroxylation is 1. The van der Waals surface area contributed by atoms with Crippen LogP contribution in [0.25, 0.3) is 10.9 Å². The molecule has 3 aromatic rings. The number of benzene rings is 2. The van der Waals surface area contributed by atoms with Crippen LogP contribution in [-0.4, -0.2) is 15.9 Å². The van der Waals surface area contributed by atoms with E-state index in [1.807, 2.05) is 0 Å². The van der Waals surface area contributed by atoms with Crippen molar-refractivity contribution < 1.29 is 4.39 Å². The molecule has 0 saturated carbocycles. The fourth-order valence-corrected chi connectivity index (χ4v) is 2.33. The van der Waals surface area contributed by atoms with Gasteiger partial charge in [0.25, 0.3) is 5.56 Å². The maximum Gasteiger partial charge on any atom is 0.282 e. The van der Waals surface area contributed by atoms with Crippen molar-refractivity contribution in [3.8, 4) is 0 Å². The number of fused-ring (bicyclic) bond motifs is 1. The monoisotopic (exact) mass is 315 g/mol. The van der Waals surface area contributed by atoms with E-state index in [1.54, 1.807) is 37.3 Å². The quantitative estimate of drug-likeness (QED) is 0.681. The average molecular weight is 316 g/mol. The fourth-order valence-electron chi connectivity index (χ4n) is 2.12. The summed E-state index contributed by atoms with van der Waals surface area (Å²) in [5, 5.41) is 4.71. The van der Waals surface area contributed by atoms with Crippen molar-refractivity contribution in [3.05, 3.63) is 75.0 Å². The Labute approximate surface area is 130 Å². The Morgan fingerprint density at radius 1 is 1.23 bits per heavy atom. The van der Waals surface area contributed by atoms with Gasteiger partial charge in [-0.05, 0) is 31.2 Å². The first kappa shape index (κ1) is 14.4. The zero-order valence-electron chi connectivity index (χ0n) is 11.6. The predicted octanol–water partition coefficient (Wildman–Crippen LogP) is 3.38. The van der Waals surface area contributed by atoms with Crippen LogP contribution in [0, 0.1) is 12.7 Å².